The predicted molar refractivity (Wildman–Crippen MR) is 94.1 cm³/mol. The molecule has 1 heteroatoms. The Morgan fingerprint density at radius 3 is 1.65 bits per heavy atom. The van der Waals surface area contributed by atoms with Crippen LogP contribution in [-0.2, 0) is 6.42 Å². The zero-order valence-electron chi connectivity index (χ0n) is 13.0. The van der Waals surface area contributed by atoms with E-state index in [0.717, 1.165) is 12.0 Å². The van der Waals surface area contributed by atoms with Gasteiger partial charge in [0.05, 0.1) is 12.0 Å². The summed E-state index contributed by atoms with van der Waals surface area (Å²) in [6.45, 7) is 0. The largest absolute Gasteiger partial charge is 0.198 e. The minimum Gasteiger partial charge on any atom is -0.198 e. The molecule has 0 heterocycles. The lowest BCUT2D eigenvalue weighted by molar-refractivity contribution is 0.623. The van der Waals surface area contributed by atoms with Crippen LogP contribution in [0, 0.1) is 11.3 Å². The van der Waals surface area contributed by atoms with Crippen LogP contribution in [0.15, 0.2) is 91.0 Å². The van der Waals surface area contributed by atoms with Crippen molar-refractivity contribution >= 4 is 0 Å². The van der Waals surface area contributed by atoms with Gasteiger partial charge < -0.3 is 0 Å². The Kier molecular flexibility index (Phi) is 4.86. The van der Waals surface area contributed by atoms with E-state index >= 15 is 0 Å². The molecular weight excluding hydrogens is 278 g/mol. The highest BCUT2D eigenvalue weighted by Crippen LogP contribution is 2.35. The van der Waals surface area contributed by atoms with Crippen LogP contribution < -0.4 is 0 Å². The molecule has 0 saturated heterocycles. The molecule has 0 fully saturated rings. The molecule has 3 rings (SSSR count). The van der Waals surface area contributed by atoms with Gasteiger partial charge in [-0.3, -0.25) is 0 Å². The summed E-state index contributed by atoms with van der Waals surface area (Å²) in [5.41, 5.74) is 3.56. The Bertz CT molecular complexity index is 757. The fraction of sp³-hybridized carbons (Fsp3) is 0.136. The first-order valence-corrected chi connectivity index (χ1v) is 7.92. The van der Waals surface area contributed by atoms with Crippen molar-refractivity contribution in [2.24, 2.45) is 0 Å². The summed E-state index contributed by atoms with van der Waals surface area (Å²) in [5.74, 6) is -0.00944. The monoisotopic (exact) mass is 297 g/mol. The Labute approximate surface area is 137 Å². The Morgan fingerprint density at radius 1 is 0.652 bits per heavy atom. The topological polar surface area (TPSA) is 23.8 Å². The number of nitrogens with zero attached hydrogens (tertiary/aromatic N) is 1. The standard InChI is InChI=1S/C22H19N/c23-17-22(20-14-8-3-9-15-20)21(19-12-6-2-7-13-19)16-18-10-4-1-5-11-18/h1-15,21-22H,16H2/t21-,22+/m1/s1. The molecule has 0 amide bonds. The molecular formula is C22H19N. The summed E-state index contributed by atoms with van der Waals surface area (Å²) in [5, 5.41) is 9.84. The van der Waals surface area contributed by atoms with Crippen molar-refractivity contribution in [1.82, 2.24) is 0 Å². The predicted octanol–water partition coefficient (Wildman–Crippen LogP) is 5.32. The van der Waals surface area contributed by atoms with Crippen LogP contribution in [0.3, 0.4) is 0 Å². The van der Waals surface area contributed by atoms with Crippen LogP contribution in [-0.4, -0.2) is 0 Å². The van der Waals surface area contributed by atoms with Crippen LogP contribution in [0.25, 0.3) is 0 Å². The fourth-order valence-corrected chi connectivity index (χ4v) is 3.05. The number of nitriles is 1. The molecule has 1 nitrogen and oxygen atoms in total. The quantitative estimate of drug-likeness (QED) is 0.625. The highest BCUT2D eigenvalue weighted by Gasteiger charge is 2.24. The zero-order valence-corrected chi connectivity index (χ0v) is 13.0. The summed E-state index contributed by atoms with van der Waals surface area (Å²) in [6.07, 6.45) is 0.859. The van der Waals surface area contributed by atoms with E-state index < -0.39 is 0 Å². The lowest BCUT2D eigenvalue weighted by Crippen LogP contribution is -2.13. The first kappa shape index (κ1) is 15.1. The third-order valence-corrected chi connectivity index (χ3v) is 4.23. The van der Waals surface area contributed by atoms with Gasteiger partial charge in [-0.25, -0.2) is 0 Å². The van der Waals surface area contributed by atoms with Gasteiger partial charge in [0.15, 0.2) is 0 Å². The average Bonchev–Trinajstić information content (AvgIpc) is 2.64. The summed E-state index contributed by atoms with van der Waals surface area (Å²) in [4.78, 5) is 0. The van der Waals surface area contributed by atoms with Gasteiger partial charge >= 0.3 is 0 Å². The summed E-state index contributed by atoms with van der Waals surface area (Å²) in [6, 6.07) is 33.4. The molecule has 3 aromatic carbocycles. The van der Waals surface area contributed by atoms with Crippen LogP contribution in [0.4, 0.5) is 0 Å². The molecule has 3 aromatic rings. The van der Waals surface area contributed by atoms with E-state index in [4.69, 9.17) is 0 Å². The molecule has 0 bridgehead atoms. The van der Waals surface area contributed by atoms with Crippen LogP contribution >= 0.6 is 0 Å². The van der Waals surface area contributed by atoms with Gasteiger partial charge in [-0.2, -0.15) is 5.26 Å². The second-order valence-electron chi connectivity index (χ2n) is 5.72. The molecule has 0 N–H and O–H groups in total. The molecule has 0 aliphatic carbocycles. The van der Waals surface area contributed by atoms with Gasteiger partial charge in [0.25, 0.3) is 0 Å². The third-order valence-electron chi connectivity index (χ3n) is 4.23. The second kappa shape index (κ2) is 7.42. The maximum atomic E-state index is 9.84. The van der Waals surface area contributed by atoms with E-state index in [1.54, 1.807) is 0 Å². The molecule has 0 spiro atoms. The second-order valence-corrected chi connectivity index (χ2v) is 5.72. The van der Waals surface area contributed by atoms with Gasteiger partial charge in [-0.15, -0.1) is 0 Å². The normalized spacial score (nSPS) is 13.0. The third kappa shape index (κ3) is 3.67. The average molecular weight is 297 g/mol. The maximum Gasteiger partial charge on any atom is 0.0784 e. The number of hydrogen-bond acceptors (Lipinski definition) is 1. The van der Waals surface area contributed by atoms with Gasteiger partial charge in [0.1, 0.15) is 0 Å². The van der Waals surface area contributed by atoms with E-state index in [1.807, 2.05) is 42.5 Å². The zero-order chi connectivity index (χ0) is 15.9. The lowest BCUT2D eigenvalue weighted by Gasteiger charge is -2.23. The number of rotatable bonds is 5. The van der Waals surface area contributed by atoms with Crippen molar-refractivity contribution in [3.05, 3.63) is 108 Å². The van der Waals surface area contributed by atoms with Crippen molar-refractivity contribution in [1.29, 1.82) is 5.26 Å². The SMILES string of the molecule is N#C[C@@H](c1ccccc1)[C@H](Cc1ccccc1)c1ccccc1. The highest BCUT2D eigenvalue weighted by molar-refractivity contribution is 5.35. The maximum absolute atomic E-state index is 9.84. The molecule has 0 unspecified atom stereocenters. The molecule has 0 radical (unpaired) electrons. The van der Waals surface area contributed by atoms with Gasteiger partial charge in [-0.05, 0) is 23.1 Å². The molecule has 2 atom stereocenters. The Hall–Kier alpha value is -2.85. The summed E-state index contributed by atoms with van der Waals surface area (Å²) in [7, 11) is 0. The van der Waals surface area contributed by atoms with E-state index in [2.05, 4.69) is 54.6 Å². The highest BCUT2D eigenvalue weighted by atomic mass is 14.3. The van der Waals surface area contributed by atoms with Gasteiger partial charge in [0.2, 0.25) is 0 Å². The minimum atomic E-state index is -0.154. The summed E-state index contributed by atoms with van der Waals surface area (Å²) < 4.78 is 0. The fourth-order valence-electron chi connectivity index (χ4n) is 3.05. The van der Waals surface area contributed by atoms with Crippen molar-refractivity contribution in [3.8, 4) is 6.07 Å². The Morgan fingerprint density at radius 2 is 1.13 bits per heavy atom. The lowest BCUT2D eigenvalue weighted by atomic mass is 9.79. The van der Waals surface area contributed by atoms with E-state index in [-0.39, 0.29) is 11.8 Å². The molecule has 0 saturated carbocycles. The molecule has 0 aliphatic rings. The van der Waals surface area contributed by atoms with E-state index in [9.17, 15) is 5.26 Å². The first-order valence-electron chi connectivity index (χ1n) is 7.92. The smallest absolute Gasteiger partial charge is 0.0784 e. The molecule has 23 heavy (non-hydrogen) atoms. The van der Waals surface area contributed by atoms with Crippen molar-refractivity contribution < 1.29 is 0 Å². The number of benzene rings is 3. The summed E-state index contributed by atoms with van der Waals surface area (Å²) >= 11 is 0. The minimum absolute atomic E-state index is 0.144. The molecule has 0 aromatic heterocycles. The van der Waals surface area contributed by atoms with Crippen LogP contribution in [0.2, 0.25) is 0 Å². The number of hydrogen-bond donors (Lipinski definition) is 0. The van der Waals surface area contributed by atoms with E-state index in [1.165, 1.54) is 11.1 Å². The van der Waals surface area contributed by atoms with Crippen molar-refractivity contribution in [3.63, 3.8) is 0 Å². The van der Waals surface area contributed by atoms with Gasteiger partial charge in [-0.1, -0.05) is 91.0 Å². The van der Waals surface area contributed by atoms with Crippen molar-refractivity contribution in [2.45, 2.75) is 18.3 Å². The first-order chi connectivity index (χ1) is 11.4. The van der Waals surface area contributed by atoms with E-state index in [0.29, 0.717) is 0 Å². The van der Waals surface area contributed by atoms with Crippen molar-refractivity contribution in [2.75, 3.05) is 0 Å². The van der Waals surface area contributed by atoms with Crippen LogP contribution in [0.5, 0.6) is 0 Å². The van der Waals surface area contributed by atoms with Gasteiger partial charge in [0, 0.05) is 5.92 Å². The molecule has 112 valence electrons. The molecule has 0 aliphatic heterocycles. The Balaban J connectivity index is 1.99. The van der Waals surface area contributed by atoms with Crippen LogP contribution in [0.1, 0.15) is 28.5 Å².